The molecule has 0 unspecified atom stereocenters. The molecule has 4 aromatic rings. The molecule has 112 valence electrons. The second kappa shape index (κ2) is 6.55. The van der Waals surface area contributed by atoms with Crippen molar-refractivity contribution in [3.63, 3.8) is 0 Å². The Bertz CT molecular complexity index is 822. The summed E-state index contributed by atoms with van der Waals surface area (Å²) in [5.41, 5.74) is 7.35. The SMILES string of the molecule is [c]1ccc(-c2ccc(-c3ccc(-c4cc[c]cc4)cc3)cc2)cc1. The average molecular weight is 304 g/mol. The highest BCUT2D eigenvalue weighted by Crippen LogP contribution is 2.27. The van der Waals surface area contributed by atoms with Crippen LogP contribution in [0, 0.1) is 12.1 Å². The molecule has 24 heavy (non-hydrogen) atoms. The zero-order valence-corrected chi connectivity index (χ0v) is 13.2. The Labute approximate surface area is 143 Å². The Balaban J connectivity index is 1.60. The third kappa shape index (κ3) is 3.00. The summed E-state index contributed by atoms with van der Waals surface area (Å²) in [4.78, 5) is 0. The third-order valence-electron chi connectivity index (χ3n) is 4.21. The van der Waals surface area contributed by atoms with Crippen LogP contribution in [0.4, 0.5) is 0 Å². The summed E-state index contributed by atoms with van der Waals surface area (Å²) in [6.07, 6.45) is 0. The van der Waals surface area contributed by atoms with Crippen LogP contribution < -0.4 is 0 Å². The fourth-order valence-corrected chi connectivity index (χ4v) is 2.87. The van der Waals surface area contributed by atoms with Crippen LogP contribution in [-0.4, -0.2) is 0 Å². The van der Waals surface area contributed by atoms with E-state index in [0.29, 0.717) is 0 Å². The van der Waals surface area contributed by atoms with E-state index in [1.807, 2.05) is 24.3 Å². The van der Waals surface area contributed by atoms with Gasteiger partial charge in [0.15, 0.2) is 0 Å². The predicted molar refractivity (Wildman–Crippen MR) is 100 cm³/mol. The first-order chi connectivity index (χ1) is 11.9. The molecule has 0 nitrogen and oxygen atoms in total. The van der Waals surface area contributed by atoms with Crippen LogP contribution >= 0.6 is 0 Å². The molecule has 0 N–H and O–H groups in total. The summed E-state index contributed by atoms with van der Waals surface area (Å²) in [6, 6.07) is 39.6. The molecule has 0 fully saturated rings. The van der Waals surface area contributed by atoms with Crippen molar-refractivity contribution in [1.82, 2.24) is 0 Å². The second-order valence-electron chi connectivity index (χ2n) is 5.73. The maximum atomic E-state index is 3.06. The lowest BCUT2D eigenvalue weighted by Gasteiger charge is -2.07. The van der Waals surface area contributed by atoms with E-state index < -0.39 is 0 Å². The standard InChI is InChI=1S/C24H16/c1-3-7-19(8-4-1)21-11-15-23(16-12-21)24-17-13-22(14-18-24)20-9-5-2-6-10-20/h3-18H. The summed E-state index contributed by atoms with van der Waals surface area (Å²) >= 11 is 0. The monoisotopic (exact) mass is 304 g/mol. The van der Waals surface area contributed by atoms with Crippen molar-refractivity contribution in [1.29, 1.82) is 0 Å². The van der Waals surface area contributed by atoms with Crippen LogP contribution in [0.3, 0.4) is 0 Å². The minimum absolute atomic E-state index is 1.22. The average Bonchev–Trinajstić information content (AvgIpc) is 2.70. The second-order valence-corrected chi connectivity index (χ2v) is 5.73. The number of hydrogen-bond acceptors (Lipinski definition) is 0. The van der Waals surface area contributed by atoms with Gasteiger partial charge < -0.3 is 0 Å². The molecule has 2 radical (unpaired) electrons. The zero-order valence-electron chi connectivity index (χ0n) is 13.2. The van der Waals surface area contributed by atoms with Gasteiger partial charge in [-0.05, 0) is 45.5 Å². The molecule has 0 heterocycles. The van der Waals surface area contributed by atoms with Gasteiger partial charge in [-0.25, -0.2) is 0 Å². The lowest BCUT2D eigenvalue weighted by atomic mass is 9.98. The topological polar surface area (TPSA) is 0 Å². The lowest BCUT2D eigenvalue weighted by Crippen LogP contribution is -1.81. The third-order valence-corrected chi connectivity index (χ3v) is 4.21. The smallest absolute Gasteiger partial charge is 0.0184 e. The quantitative estimate of drug-likeness (QED) is 0.417. The molecule has 0 aliphatic heterocycles. The van der Waals surface area contributed by atoms with Gasteiger partial charge in [-0.15, -0.1) is 0 Å². The molecule has 0 spiro atoms. The lowest BCUT2D eigenvalue weighted by molar-refractivity contribution is 1.57. The Morgan fingerprint density at radius 1 is 0.292 bits per heavy atom. The van der Waals surface area contributed by atoms with Gasteiger partial charge in [-0.1, -0.05) is 97.1 Å². The number of benzene rings is 4. The predicted octanol–water partition coefficient (Wildman–Crippen LogP) is 6.29. The minimum Gasteiger partial charge on any atom is -0.0538 e. The maximum absolute atomic E-state index is 3.06. The van der Waals surface area contributed by atoms with Gasteiger partial charge in [-0.3, -0.25) is 0 Å². The molecule has 0 heteroatoms. The first-order valence-electron chi connectivity index (χ1n) is 8.04. The summed E-state index contributed by atoms with van der Waals surface area (Å²) in [5.74, 6) is 0. The van der Waals surface area contributed by atoms with Crippen LogP contribution in [0.5, 0.6) is 0 Å². The van der Waals surface area contributed by atoms with E-state index in [0.717, 1.165) is 0 Å². The summed E-state index contributed by atoms with van der Waals surface area (Å²) in [5, 5.41) is 0. The van der Waals surface area contributed by atoms with Crippen molar-refractivity contribution in [2.45, 2.75) is 0 Å². The first-order valence-corrected chi connectivity index (χ1v) is 8.04. The van der Waals surface area contributed by atoms with E-state index >= 15 is 0 Å². The molecule has 4 aromatic carbocycles. The van der Waals surface area contributed by atoms with Crippen LogP contribution in [0.25, 0.3) is 33.4 Å². The van der Waals surface area contributed by atoms with Crippen LogP contribution in [0.2, 0.25) is 0 Å². The first kappa shape index (κ1) is 14.5. The highest BCUT2D eigenvalue weighted by atomic mass is 14.1. The van der Waals surface area contributed by atoms with Gasteiger partial charge in [0.25, 0.3) is 0 Å². The van der Waals surface area contributed by atoms with E-state index in [1.165, 1.54) is 33.4 Å². The highest BCUT2D eigenvalue weighted by Gasteiger charge is 2.01. The van der Waals surface area contributed by atoms with Gasteiger partial charge in [0.05, 0.1) is 0 Å². The summed E-state index contributed by atoms with van der Waals surface area (Å²) in [6.45, 7) is 0. The maximum Gasteiger partial charge on any atom is -0.0184 e. The zero-order chi connectivity index (χ0) is 16.2. The Kier molecular flexibility index (Phi) is 3.95. The van der Waals surface area contributed by atoms with E-state index in [1.54, 1.807) is 0 Å². The van der Waals surface area contributed by atoms with Gasteiger partial charge in [0.1, 0.15) is 0 Å². The minimum atomic E-state index is 1.22. The molecule has 0 saturated heterocycles. The van der Waals surface area contributed by atoms with Crippen molar-refractivity contribution < 1.29 is 0 Å². The van der Waals surface area contributed by atoms with Gasteiger partial charge in [0.2, 0.25) is 0 Å². The van der Waals surface area contributed by atoms with Crippen LogP contribution in [0.15, 0.2) is 97.1 Å². The molecular formula is C24H16. The molecular weight excluding hydrogens is 288 g/mol. The van der Waals surface area contributed by atoms with Crippen molar-refractivity contribution >= 4 is 0 Å². The molecule has 0 aromatic heterocycles. The highest BCUT2D eigenvalue weighted by molar-refractivity contribution is 5.73. The molecule has 0 bridgehead atoms. The van der Waals surface area contributed by atoms with Crippen molar-refractivity contribution in [3.05, 3.63) is 109 Å². The van der Waals surface area contributed by atoms with Crippen LogP contribution in [-0.2, 0) is 0 Å². The normalized spacial score (nSPS) is 10.5. The molecule has 0 saturated carbocycles. The molecule has 4 rings (SSSR count). The van der Waals surface area contributed by atoms with Crippen molar-refractivity contribution in [3.8, 4) is 33.4 Å². The summed E-state index contributed by atoms with van der Waals surface area (Å²) < 4.78 is 0. The van der Waals surface area contributed by atoms with Crippen molar-refractivity contribution in [2.24, 2.45) is 0 Å². The fraction of sp³-hybridized carbons (Fsp3) is 0. The Hall–Kier alpha value is -3.12. The van der Waals surface area contributed by atoms with E-state index in [-0.39, 0.29) is 0 Å². The molecule has 0 aliphatic rings. The fourth-order valence-electron chi connectivity index (χ4n) is 2.87. The van der Waals surface area contributed by atoms with Gasteiger partial charge >= 0.3 is 0 Å². The molecule has 0 amide bonds. The Morgan fingerprint density at radius 3 is 0.750 bits per heavy atom. The number of rotatable bonds is 3. The van der Waals surface area contributed by atoms with Gasteiger partial charge in [0, 0.05) is 0 Å². The van der Waals surface area contributed by atoms with Gasteiger partial charge in [-0.2, -0.15) is 0 Å². The molecule has 0 atom stereocenters. The molecule has 0 aliphatic carbocycles. The van der Waals surface area contributed by atoms with E-state index in [2.05, 4.69) is 84.9 Å². The van der Waals surface area contributed by atoms with E-state index in [4.69, 9.17) is 0 Å². The largest absolute Gasteiger partial charge is 0.0538 e. The van der Waals surface area contributed by atoms with Crippen LogP contribution in [0.1, 0.15) is 0 Å². The number of hydrogen-bond donors (Lipinski definition) is 0. The Morgan fingerprint density at radius 2 is 0.500 bits per heavy atom. The van der Waals surface area contributed by atoms with Crippen molar-refractivity contribution in [2.75, 3.05) is 0 Å². The van der Waals surface area contributed by atoms with E-state index in [9.17, 15) is 0 Å². The summed E-state index contributed by atoms with van der Waals surface area (Å²) in [7, 11) is 0.